The monoisotopic (exact) mass is 434 g/mol. The first-order valence-electron chi connectivity index (χ1n) is 10.6. The van der Waals surface area contributed by atoms with Crippen molar-refractivity contribution in [2.24, 2.45) is 5.92 Å². The van der Waals surface area contributed by atoms with Gasteiger partial charge < -0.3 is 10.2 Å². The van der Waals surface area contributed by atoms with Crippen LogP contribution < -0.4 is 5.32 Å². The summed E-state index contributed by atoms with van der Waals surface area (Å²) in [5.74, 6) is -1.44. The number of carbonyl (C=O) groups is 2. The summed E-state index contributed by atoms with van der Waals surface area (Å²) in [6, 6.07) is 20.0. The highest BCUT2D eigenvalue weighted by Crippen LogP contribution is 2.23. The fraction of sp³-hybridized carbons (Fsp3) is 0.231. The Kier molecular flexibility index (Phi) is 6.59. The lowest BCUT2D eigenvalue weighted by molar-refractivity contribution is -0.127. The molecule has 1 N–H and O–H groups in total. The zero-order valence-electron chi connectivity index (χ0n) is 17.6. The molecule has 3 aromatic carbocycles. The Balaban J connectivity index is 1.30. The number of hydrogen-bond acceptors (Lipinski definition) is 2. The van der Waals surface area contributed by atoms with E-state index in [9.17, 15) is 18.4 Å². The lowest BCUT2D eigenvalue weighted by atomic mass is 10.0. The van der Waals surface area contributed by atoms with Crippen LogP contribution in [-0.2, 0) is 11.2 Å². The van der Waals surface area contributed by atoms with Gasteiger partial charge in [0.15, 0.2) is 0 Å². The Morgan fingerprint density at radius 2 is 1.69 bits per heavy atom. The van der Waals surface area contributed by atoms with Crippen molar-refractivity contribution in [3.63, 3.8) is 0 Å². The summed E-state index contributed by atoms with van der Waals surface area (Å²) >= 11 is 0. The summed E-state index contributed by atoms with van der Waals surface area (Å²) in [6.45, 7) is 1.54. The van der Waals surface area contributed by atoms with Gasteiger partial charge in [-0.2, -0.15) is 0 Å². The highest BCUT2D eigenvalue weighted by atomic mass is 19.1. The van der Waals surface area contributed by atoms with Gasteiger partial charge in [-0.1, -0.05) is 48.5 Å². The first-order chi connectivity index (χ1) is 15.5. The highest BCUT2D eigenvalue weighted by Gasteiger charge is 2.29. The topological polar surface area (TPSA) is 49.4 Å². The summed E-state index contributed by atoms with van der Waals surface area (Å²) in [5, 5.41) is 2.76. The third kappa shape index (κ3) is 5.19. The minimum absolute atomic E-state index is 0.00349. The number of amides is 2. The molecule has 1 saturated heterocycles. The molecule has 1 fully saturated rings. The molecule has 2 amide bonds. The van der Waals surface area contributed by atoms with E-state index in [0.717, 1.165) is 6.42 Å². The predicted octanol–water partition coefficient (Wildman–Crippen LogP) is 4.45. The van der Waals surface area contributed by atoms with Gasteiger partial charge in [-0.3, -0.25) is 9.59 Å². The van der Waals surface area contributed by atoms with Crippen molar-refractivity contribution >= 4 is 11.8 Å². The number of nitrogens with one attached hydrogen (secondary N) is 1. The van der Waals surface area contributed by atoms with Crippen molar-refractivity contribution in [2.45, 2.75) is 12.8 Å². The molecule has 0 spiro atoms. The quantitative estimate of drug-likeness (QED) is 0.597. The fourth-order valence-electron chi connectivity index (χ4n) is 3.97. The van der Waals surface area contributed by atoms with Crippen LogP contribution in [0.5, 0.6) is 0 Å². The molecule has 0 radical (unpaired) electrons. The van der Waals surface area contributed by atoms with Gasteiger partial charge in [-0.15, -0.1) is 0 Å². The third-order valence-electron chi connectivity index (χ3n) is 5.75. The molecule has 6 heteroatoms. The van der Waals surface area contributed by atoms with Crippen LogP contribution in [0.4, 0.5) is 8.78 Å². The lowest BCUT2D eigenvalue weighted by Crippen LogP contribution is -2.32. The van der Waals surface area contributed by atoms with E-state index >= 15 is 0 Å². The predicted molar refractivity (Wildman–Crippen MR) is 119 cm³/mol. The maximum Gasteiger partial charge on any atom is 0.254 e. The van der Waals surface area contributed by atoms with Gasteiger partial charge in [0.2, 0.25) is 5.91 Å². The van der Waals surface area contributed by atoms with E-state index in [1.165, 1.54) is 29.8 Å². The Morgan fingerprint density at radius 3 is 2.41 bits per heavy atom. The summed E-state index contributed by atoms with van der Waals surface area (Å²) in [4.78, 5) is 26.6. The number of rotatable bonds is 7. The maximum absolute atomic E-state index is 14.6. The van der Waals surface area contributed by atoms with Crippen LogP contribution in [0.25, 0.3) is 11.1 Å². The summed E-state index contributed by atoms with van der Waals surface area (Å²) in [6.07, 6.45) is 1.17. The van der Waals surface area contributed by atoms with Crippen molar-refractivity contribution in [2.75, 3.05) is 19.6 Å². The van der Waals surface area contributed by atoms with Crippen molar-refractivity contribution in [1.82, 2.24) is 10.2 Å². The van der Waals surface area contributed by atoms with E-state index in [1.54, 1.807) is 18.2 Å². The van der Waals surface area contributed by atoms with Crippen LogP contribution in [-0.4, -0.2) is 36.3 Å². The molecule has 1 atom stereocenters. The largest absolute Gasteiger partial charge is 0.352 e. The minimum Gasteiger partial charge on any atom is -0.352 e. The number of likely N-dealkylation sites (tertiary alicyclic amines) is 1. The fourth-order valence-corrected chi connectivity index (χ4v) is 3.97. The lowest BCUT2D eigenvalue weighted by Gasteiger charge is -2.17. The average Bonchev–Trinajstić information content (AvgIpc) is 3.16. The van der Waals surface area contributed by atoms with Gasteiger partial charge in [0.05, 0.1) is 5.56 Å². The van der Waals surface area contributed by atoms with Crippen molar-refractivity contribution in [3.05, 3.63) is 95.6 Å². The molecular formula is C26H24F2N2O2. The number of benzene rings is 3. The van der Waals surface area contributed by atoms with Crippen LogP contribution in [0.2, 0.25) is 0 Å². The van der Waals surface area contributed by atoms with E-state index in [0.29, 0.717) is 37.2 Å². The Morgan fingerprint density at radius 1 is 0.969 bits per heavy atom. The van der Waals surface area contributed by atoms with Crippen molar-refractivity contribution in [1.29, 1.82) is 0 Å². The summed E-state index contributed by atoms with van der Waals surface area (Å²) in [5.41, 5.74) is 2.35. The Hall–Kier alpha value is -3.54. The van der Waals surface area contributed by atoms with Gasteiger partial charge in [0.1, 0.15) is 11.6 Å². The molecule has 1 unspecified atom stereocenters. The molecule has 0 saturated carbocycles. The van der Waals surface area contributed by atoms with Crippen LogP contribution in [0.15, 0.2) is 72.8 Å². The van der Waals surface area contributed by atoms with Crippen LogP contribution >= 0.6 is 0 Å². The van der Waals surface area contributed by atoms with Crippen LogP contribution in [0, 0.1) is 17.6 Å². The van der Waals surface area contributed by atoms with E-state index in [4.69, 9.17) is 0 Å². The Labute approximate surface area is 185 Å². The van der Waals surface area contributed by atoms with Gasteiger partial charge in [-0.25, -0.2) is 8.78 Å². The number of hydrogen-bond donors (Lipinski definition) is 1. The molecule has 32 heavy (non-hydrogen) atoms. The maximum atomic E-state index is 14.6. The molecule has 3 aromatic rings. The summed E-state index contributed by atoms with van der Waals surface area (Å²) in [7, 11) is 0. The molecule has 0 aliphatic carbocycles. The first kappa shape index (κ1) is 21.7. The average molecular weight is 434 g/mol. The molecule has 164 valence electrons. The SMILES string of the molecule is O=C(NCC1CC(=O)N(CCc2ccccc2)C1)c1ccc(-c2ccc(F)cc2)cc1F. The Bertz CT molecular complexity index is 1100. The molecule has 1 aliphatic rings. The second kappa shape index (κ2) is 9.73. The second-order valence-corrected chi connectivity index (χ2v) is 8.06. The number of nitrogens with zero attached hydrogens (tertiary/aromatic N) is 1. The number of halogens is 2. The van der Waals surface area contributed by atoms with Gasteiger partial charge in [-0.05, 0) is 47.4 Å². The van der Waals surface area contributed by atoms with Crippen LogP contribution in [0.1, 0.15) is 22.3 Å². The van der Waals surface area contributed by atoms with Crippen LogP contribution in [0.3, 0.4) is 0 Å². The molecular weight excluding hydrogens is 410 g/mol. The van der Waals surface area contributed by atoms with E-state index in [-0.39, 0.29) is 23.2 Å². The molecule has 0 bridgehead atoms. The first-order valence-corrected chi connectivity index (χ1v) is 10.6. The molecule has 1 heterocycles. The second-order valence-electron chi connectivity index (χ2n) is 8.06. The summed E-state index contributed by atoms with van der Waals surface area (Å²) < 4.78 is 27.6. The smallest absolute Gasteiger partial charge is 0.254 e. The van der Waals surface area contributed by atoms with Gasteiger partial charge >= 0.3 is 0 Å². The third-order valence-corrected chi connectivity index (χ3v) is 5.75. The highest BCUT2D eigenvalue weighted by molar-refractivity contribution is 5.95. The van der Waals surface area contributed by atoms with E-state index in [1.807, 2.05) is 35.2 Å². The molecule has 0 aromatic heterocycles. The van der Waals surface area contributed by atoms with Crippen molar-refractivity contribution in [3.8, 4) is 11.1 Å². The normalized spacial score (nSPS) is 15.8. The van der Waals surface area contributed by atoms with Crippen molar-refractivity contribution < 1.29 is 18.4 Å². The number of carbonyl (C=O) groups excluding carboxylic acids is 2. The molecule has 1 aliphatic heterocycles. The van der Waals surface area contributed by atoms with Gasteiger partial charge in [0.25, 0.3) is 5.91 Å². The molecule has 4 nitrogen and oxygen atoms in total. The zero-order chi connectivity index (χ0) is 22.5. The minimum atomic E-state index is -0.642. The standard InChI is InChI=1S/C26H24F2N2O2/c27-22-9-6-20(7-10-22)21-8-11-23(24(28)15-21)26(32)29-16-19-14-25(31)30(17-19)13-12-18-4-2-1-3-5-18/h1-11,15,19H,12-14,16-17H2,(H,29,32). The molecule has 4 rings (SSSR count). The van der Waals surface area contributed by atoms with E-state index < -0.39 is 11.7 Å². The zero-order valence-corrected chi connectivity index (χ0v) is 17.6. The van der Waals surface area contributed by atoms with Gasteiger partial charge in [0, 0.05) is 32.0 Å². The van der Waals surface area contributed by atoms with E-state index in [2.05, 4.69) is 5.32 Å².